The normalized spacial score (nSPS) is 21.5. The van der Waals surface area contributed by atoms with Crippen LogP contribution in [0.4, 0.5) is 0 Å². The first kappa shape index (κ1) is 19.4. The van der Waals surface area contributed by atoms with E-state index in [0.29, 0.717) is 18.0 Å². The summed E-state index contributed by atoms with van der Waals surface area (Å²) in [6, 6.07) is 14.9. The lowest BCUT2D eigenvalue weighted by Crippen LogP contribution is -2.32. The van der Waals surface area contributed by atoms with E-state index >= 15 is 0 Å². The summed E-state index contributed by atoms with van der Waals surface area (Å²) in [5, 5.41) is 0. The van der Waals surface area contributed by atoms with Crippen molar-refractivity contribution in [2.75, 3.05) is 13.1 Å². The van der Waals surface area contributed by atoms with Crippen LogP contribution in [0.1, 0.15) is 17.0 Å². The number of halogens is 2. The van der Waals surface area contributed by atoms with E-state index in [0.717, 1.165) is 15.6 Å². The molecular formula is C17H20BrClN2O2S. The molecule has 0 radical (unpaired) electrons. The summed E-state index contributed by atoms with van der Waals surface area (Å²) in [7, 11) is -3.53. The van der Waals surface area contributed by atoms with E-state index in [1.165, 1.54) is 4.31 Å². The molecule has 4 nitrogen and oxygen atoms in total. The summed E-state index contributed by atoms with van der Waals surface area (Å²) in [4.78, 5) is 0.310. The summed E-state index contributed by atoms with van der Waals surface area (Å²) in [5.41, 5.74) is 8.21. The van der Waals surface area contributed by atoms with Crippen molar-refractivity contribution >= 4 is 38.4 Å². The zero-order chi connectivity index (χ0) is 16.6. The molecule has 0 aliphatic carbocycles. The van der Waals surface area contributed by atoms with Gasteiger partial charge in [-0.2, -0.15) is 4.31 Å². The van der Waals surface area contributed by atoms with Gasteiger partial charge in [-0.15, -0.1) is 12.4 Å². The molecule has 2 aromatic carbocycles. The minimum Gasteiger partial charge on any atom is -0.326 e. The Kier molecular flexibility index (Phi) is 6.09. The van der Waals surface area contributed by atoms with E-state index in [9.17, 15) is 8.42 Å². The summed E-state index contributed by atoms with van der Waals surface area (Å²) in [6.07, 6.45) is 0. The van der Waals surface area contributed by atoms with Gasteiger partial charge in [-0.05, 0) is 36.2 Å². The minimum atomic E-state index is -3.53. The molecule has 24 heavy (non-hydrogen) atoms. The SMILES string of the molecule is Cc1cc(Br)cc(S(=O)(=O)N2C[C@@H](N)[C@H](c3ccccc3)C2)c1.Cl. The molecule has 130 valence electrons. The predicted molar refractivity (Wildman–Crippen MR) is 102 cm³/mol. The quantitative estimate of drug-likeness (QED) is 0.811. The van der Waals surface area contributed by atoms with E-state index in [1.54, 1.807) is 12.1 Å². The van der Waals surface area contributed by atoms with Gasteiger partial charge in [-0.1, -0.05) is 46.3 Å². The predicted octanol–water partition coefficient (Wildman–Crippen LogP) is 3.29. The zero-order valence-corrected chi connectivity index (χ0v) is 16.4. The maximum atomic E-state index is 12.9. The molecule has 3 rings (SSSR count). The highest BCUT2D eigenvalue weighted by Gasteiger charge is 2.38. The molecule has 1 saturated heterocycles. The van der Waals surface area contributed by atoms with Crippen molar-refractivity contribution in [1.29, 1.82) is 0 Å². The molecule has 0 bridgehead atoms. The van der Waals surface area contributed by atoms with Crippen molar-refractivity contribution < 1.29 is 8.42 Å². The van der Waals surface area contributed by atoms with Gasteiger partial charge in [0.15, 0.2) is 0 Å². The van der Waals surface area contributed by atoms with Gasteiger partial charge in [0.05, 0.1) is 4.90 Å². The summed E-state index contributed by atoms with van der Waals surface area (Å²) < 4.78 is 28.1. The van der Waals surface area contributed by atoms with Gasteiger partial charge >= 0.3 is 0 Å². The van der Waals surface area contributed by atoms with Gasteiger partial charge in [-0.25, -0.2) is 8.42 Å². The van der Waals surface area contributed by atoms with Gasteiger partial charge in [-0.3, -0.25) is 0 Å². The third kappa shape index (κ3) is 3.83. The zero-order valence-electron chi connectivity index (χ0n) is 13.2. The largest absolute Gasteiger partial charge is 0.326 e. The Morgan fingerprint density at radius 3 is 2.42 bits per heavy atom. The lowest BCUT2D eigenvalue weighted by atomic mass is 9.95. The molecule has 1 aliphatic heterocycles. The van der Waals surface area contributed by atoms with Gasteiger partial charge < -0.3 is 5.73 Å². The Morgan fingerprint density at radius 2 is 1.79 bits per heavy atom. The summed E-state index contributed by atoms with van der Waals surface area (Å²) >= 11 is 3.37. The van der Waals surface area contributed by atoms with Crippen LogP contribution in [0, 0.1) is 6.92 Å². The number of nitrogens with two attached hydrogens (primary N) is 1. The van der Waals surface area contributed by atoms with Crippen LogP contribution in [0.15, 0.2) is 57.9 Å². The van der Waals surface area contributed by atoms with Crippen molar-refractivity contribution in [2.24, 2.45) is 5.73 Å². The molecule has 2 aromatic rings. The van der Waals surface area contributed by atoms with Gasteiger partial charge in [0, 0.05) is 29.5 Å². The van der Waals surface area contributed by atoms with E-state index in [4.69, 9.17) is 5.73 Å². The Hall–Kier alpha value is -0.920. The number of benzene rings is 2. The molecule has 7 heteroatoms. The monoisotopic (exact) mass is 430 g/mol. The van der Waals surface area contributed by atoms with Crippen molar-refractivity contribution in [2.45, 2.75) is 23.8 Å². The van der Waals surface area contributed by atoms with E-state index < -0.39 is 10.0 Å². The Balaban J connectivity index is 0.00000208. The Morgan fingerprint density at radius 1 is 1.12 bits per heavy atom. The number of rotatable bonds is 3. The summed E-state index contributed by atoms with van der Waals surface area (Å²) in [6.45, 7) is 2.64. The summed E-state index contributed by atoms with van der Waals surface area (Å²) in [5.74, 6) is 0.0271. The molecule has 2 atom stereocenters. The standard InChI is InChI=1S/C17H19BrN2O2S.ClH/c1-12-7-14(18)9-15(8-12)23(21,22)20-10-16(17(19)11-20)13-5-3-2-4-6-13;/h2-9,16-17H,10-11,19H2,1H3;1H/t16-,17+;/m0./s1. The van der Waals surface area contributed by atoms with Crippen molar-refractivity contribution in [3.05, 3.63) is 64.1 Å². The molecular weight excluding hydrogens is 412 g/mol. The van der Waals surface area contributed by atoms with E-state index in [2.05, 4.69) is 15.9 Å². The lowest BCUT2D eigenvalue weighted by Gasteiger charge is -2.17. The number of hydrogen-bond acceptors (Lipinski definition) is 3. The first-order chi connectivity index (χ1) is 10.9. The van der Waals surface area contributed by atoms with Crippen LogP contribution >= 0.6 is 28.3 Å². The topological polar surface area (TPSA) is 63.4 Å². The average molecular weight is 432 g/mol. The number of aryl methyl sites for hydroxylation is 1. The molecule has 1 aliphatic rings. The van der Waals surface area contributed by atoms with Crippen LogP contribution in [0.3, 0.4) is 0 Å². The number of hydrogen-bond donors (Lipinski definition) is 1. The molecule has 0 unspecified atom stereocenters. The maximum Gasteiger partial charge on any atom is 0.243 e. The molecule has 0 saturated carbocycles. The Labute approximate surface area is 157 Å². The molecule has 2 N–H and O–H groups in total. The fourth-order valence-electron chi connectivity index (χ4n) is 3.04. The molecule has 0 spiro atoms. The van der Waals surface area contributed by atoms with Crippen molar-refractivity contribution in [3.8, 4) is 0 Å². The fraction of sp³-hybridized carbons (Fsp3) is 0.294. The Bertz CT molecular complexity index is 794. The van der Waals surface area contributed by atoms with Crippen LogP contribution in [0.25, 0.3) is 0 Å². The third-order valence-corrected chi connectivity index (χ3v) is 6.48. The average Bonchev–Trinajstić information content (AvgIpc) is 2.90. The van der Waals surface area contributed by atoms with Gasteiger partial charge in [0.2, 0.25) is 10.0 Å². The van der Waals surface area contributed by atoms with Gasteiger partial charge in [0.25, 0.3) is 0 Å². The van der Waals surface area contributed by atoms with Crippen molar-refractivity contribution in [1.82, 2.24) is 4.31 Å². The highest BCUT2D eigenvalue weighted by atomic mass is 79.9. The smallest absolute Gasteiger partial charge is 0.243 e. The molecule has 1 heterocycles. The lowest BCUT2D eigenvalue weighted by molar-refractivity contribution is 0.470. The highest BCUT2D eigenvalue weighted by Crippen LogP contribution is 2.31. The maximum absolute atomic E-state index is 12.9. The molecule has 1 fully saturated rings. The second-order valence-corrected chi connectivity index (χ2v) is 8.82. The van der Waals surface area contributed by atoms with Crippen LogP contribution < -0.4 is 5.73 Å². The second kappa shape index (κ2) is 7.54. The minimum absolute atomic E-state index is 0. The van der Waals surface area contributed by atoms with Crippen LogP contribution in [-0.4, -0.2) is 31.9 Å². The molecule has 0 amide bonds. The number of sulfonamides is 1. The molecule has 0 aromatic heterocycles. The van der Waals surface area contributed by atoms with Gasteiger partial charge in [0.1, 0.15) is 0 Å². The first-order valence-electron chi connectivity index (χ1n) is 7.46. The van der Waals surface area contributed by atoms with Crippen LogP contribution in [0.2, 0.25) is 0 Å². The van der Waals surface area contributed by atoms with E-state index in [1.807, 2.05) is 43.3 Å². The highest BCUT2D eigenvalue weighted by molar-refractivity contribution is 9.10. The first-order valence-corrected chi connectivity index (χ1v) is 9.69. The van der Waals surface area contributed by atoms with Crippen LogP contribution in [-0.2, 0) is 10.0 Å². The van der Waals surface area contributed by atoms with E-state index in [-0.39, 0.29) is 24.4 Å². The van der Waals surface area contributed by atoms with Crippen LogP contribution in [0.5, 0.6) is 0 Å². The van der Waals surface area contributed by atoms with Crippen molar-refractivity contribution in [3.63, 3.8) is 0 Å². The second-order valence-electron chi connectivity index (χ2n) is 5.97. The fourth-order valence-corrected chi connectivity index (χ4v) is 5.43. The number of nitrogens with zero attached hydrogens (tertiary/aromatic N) is 1. The third-order valence-electron chi connectivity index (χ3n) is 4.21.